The van der Waals surface area contributed by atoms with Crippen LogP contribution in [0.1, 0.15) is 29.7 Å². The third kappa shape index (κ3) is 2.15. The summed E-state index contributed by atoms with van der Waals surface area (Å²) < 4.78 is 5.49. The van der Waals surface area contributed by atoms with Crippen LogP contribution in [0, 0.1) is 0 Å². The van der Waals surface area contributed by atoms with E-state index in [1.165, 1.54) is 5.56 Å². The maximum atomic E-state index is 10.5. The van der Waals surface area contributed by atoms with Gasteiger partial charge in [0, 0.05) is 10.9 Å². The van der Waals surface area contributed by atoms with Gasteiger partial charge in [-0.15, -0.1) is 0 Å². The van der Waals surface area contributed by atoms with Crippen molar-refractivity contribution < 1.29 is 9.52 Å². The zero-order valence-corrected chi connectivity index (χ0v) is 10.8. The molecule has 2 heteroatoms. The van der Waals surface area contributed by atoms with Crippen molar-refractivity contribution in [1.29, 1.82) is 0 Å². The van der Waals surface area contributed by atoms with E-state index < -0.39 is 6.10 Å². The summed E-state index contributed by atoms with van der Waals surface area (Å²) in [5.41, 5.74) is 3.77. The fourth-order valence-corrected chi connectivity index (χ4v) is 2.37. The molecule has 0 aliphatic heterocycles. The first-order chi connectivity index (χ1) is 9.29. The number of aliphatic hydroxyl groups excluding tert-OH is 1. The molecule has 0 fully saturated rings. The number of aryl methyl sites for hydroxylation is 1. The Labute approximate surface area is 112 Å². The first-order valence-corrected chi connectivity index (χ1v) is 6.52. The lowest BCUT2D eigenvalue weighted by Crippen LogP contribution is -1.99. The minimum atomic E-state index is -0.643. The second-order valence-corrected chi connectivity index (χ2v) is 4.69. The summed E-state index contributed by atoms with van der Waals surface area (Å²) in [4.78, 5) is 0. The smallest absolute Gasteiger partial charge is 0.134 e. The molecule has 1 aromatic heterocycles. The van der Waals surface area contributed by atoms with Gasteiger partial charge in [0.25, 0.3) is 0 Å². The van der Waals surface area contributed by atoms with Crippen LogP contribution < -0.4 is 0 Å². The minimum absolute atomic E-state index is 0.643. The van der Waals surface area contributed by atoms with E-state index in [0.717, 1.165) is 28.5 Å². The number of benzene rings is 2. The molecule has 0 bridgehead atoms. The molecule has 0 radical (unpaired) electrons. The number of rotatable bonds is 3. The molecule has 2 aromatic carbocycles. The molecule has 0 aliphatic rings. The third-order valence-corrected chi connectivity index (χ3v) is 3.48. The Morgan fingerprint density at radius 1 is 1.11 bits per heavy atom. The van der Waals surface area contributed by atoms with Crippen molar-refractivity contribution in [3.05, 3.63) is 71.5 Å². The van der Waals surface area contributed by atoms with E-state index in [2.05, 4.69) is 13.0 Å². The Morgan fingerprint density at radius 3 is 2.79 bits per heavy atom. The molecule has 1 atom stereocenters. The lowest BCUT2D eigenvalue weighted by molar-refractivity contribution is 0.220. The molecule has 3 aromatic rings. The summed E-state index contributed by atoms with van der Waals surface area (Å²) in [7, 11) is 0. The molecule has 0 saturated carbocycles. The van der Waals surface area contributed by atoms with Crippen molar-refractivity contribution in [1.82, 2.24) is 0 Å². The number of aliphatic hydroxyl groups is 1. The van der Waals surface area contributed by atoms with Gasteiger partial charge in [-0.25, -0.2) is 0 Å². The lowest BCUT2D eigenvalue weighted by atomic mass is 9.99. The van der Waals surface area contributed by atoms with Gasteiger partial charge in [0.1, 0.15) is 11.7 Å². The molecule has 0 amide bonds. The van der Waals surface area contributed by atoms with Gasteiger partial charge in [-0.2, -0.15) is 0 Å². The van der Waals surface area contributed by atoms with Crippen LogP contribution in [0.3, 0.4) is 0 Å². The van der Waals surface area contributed by atoms with E-state index >= 15 is 0 Å². The van der Waals surface area contributed by atoms with Crippen molar-refractivity contribution in [2.45, 2.75) is 19.4 Å². The summed E-state index contributed by atoms with van der Waals surface area (Å²) in [5, 5.41) is 11.5. The van der Waals surface area contributed by atoms with Gasteiger partial charge < -0.3 is 9.52 Å². The number of hydrogen-bond acceptors (Lipinski definition) is 2. The fraction of sp³-hybridized carbons (Fsp3) is 0.176. The van der Waals surface area contributed by atoms with Gasteiger partial charge in [0.05, 0.1) is 6.26 Å². The van der Waals surface area contributed by atoms with E-state index in [0.29, 0.717) is 0 Å². The van der Waals surface area contributed by atoms with E-state index in [1.54, 1.807) is 6.26 Å². The van der Waals surface area contributed by atoms with Crippen molar-refractivity contribution in [2.75, 3.05) is 0 Å². The van der Waals surface area contributed by atoms with Crippen LogP contribution in [0.5, 0.6) is 0 Å². The van der Waals surface area contributed by atoms with Crippen molar-refractivity contribution in [3.8, 4) is 0 Å². The second kappa shape index (κ2) is 4.90. The zero-order chi connectivity index (χ0) is 13.2. The first kappa shape index (κ1) is 12.0. The molecular weight excluding hydrogens is 236 g/mol. The number of fused-ring (bicyclic) bond motifs is 1. The highest BCUT2D eigenvalue weighted by atomic mass is 16.3. The van der Waals surface area contributed by atoms with E-state index in [9.17, 15) is 5.11 Å². The normalized spacial score (nSPS) is 12.7. The summed E-state index contributed by atoms with van der Waals surface area (Å²) in [6.07, 6.45) is 1.97. The monoisotopic (exact) mass is 252 g/mol. The molecule has 3 rings (SSSR count). The molecule has 1 N–H and O–H groups in total. The van der Waals surface area contributed by atoms with Crippen molar-refractivity contribution >= 4 is 11.0 Å². The molecule has 2 nitrogen and oxygen atoms in total. The summed E-state index contributed by atoms with van der Waals surface area (Å²) in [6, 6.07) is 15.8. The average molecular weight is 252 g/mol. The van der Waals surface area contributed by atoms with Crippen LogP contribution >= 0.6 is 0 Å². The van der Waals surface area contributed by atoms with Crippen molar-refractivity contribution in [3.63, 3.8) is 0 Å². The molecule has 0 saturated heterocycles. The van der Waals surface area contributed by atoms with Crippen LogP contribution in [0.2, 0.25) is 0 Å². The third-order valence-electron chi connectivity index (χ3n) is 3.48. The fourth-order valence-electron chi connectivity index (χ4n) is 2.37. The summed E-state index contributed by atoms with van der Waals surface area (Å²) in [5.74, 6) is 0. The molecule has 1 unspecified atom stereocenters. The Bertz CT molecular complexity index is 697. The van der Waals surface area contributed by atoms with Crippen molar-refractivity contribution in [2.24, 2.45) is 0 Å². The van der Waals surface area contributed by atoms with E-state index in [1.807, 2.05) is 42.5 Å². The van der Waals surface area contributed by atoms with Crippen LogP contribution in [-0.4, -0.2) is 5.11 Å². The second-order valence-electron chi connectivity index (χ2n) is 4.69. The summed E-state index contributed by atoms with van der Waals surface area (Å²) in [6.45, 7) is 2.11. The highest BCUT2D eigenvalue weighted by Gasteiger charge is 2.16. The molecule has 1 heterocycles. The van der Waals surface area contributed by atoms with Crippen LogP contribution in [0.15, 0.2) is 59.2 Å². The molecular formula is C17H16O2. The summed E-state index contributed by atoms with van der Waals surface area (Å²) >= 11 is 0. The standard InChI is InChI=1S/C17H16O2/c1-2-12-6-5-7-13(10-12)17(18)15-11-19-16-9-4-3-8-14(15)16/h3-11,17-18H,2H2,1H3. The maximum absolute atomic E-state index is 10.5. The van der Waals surface area contributed by atoms with Gasteiger partial charge in [-0.3, -0.25) is 0 Å². The molecule has 0 spiro atoms. The lowest BCUT2D eigenvalue weighted by Gasteiger charge is -2.10. The van der Waals surface area contributed by atoms with Gasteiger partial charge in [0.15, 0.2) is 0 Å². The zero-order valence-electron chi connectivity index (χ0n) is 10.8. The Balaban J connectivity index is 2.05. The van der Waals surface area contributed by atoms with Gasteiger partial charge >= 0.3 is 0 Å². The van der Waals surface area contributed by atoms with Crippen LogP contribution in [-0.2, 0) is 6.42 Å². The van der Waals surface area contributed by atoms with Crippen LogP contribution in [0.4, 0.5) is 0 Å². The number of furan rings is 1. The average Bonchev–Trinajstić information content (AvgIpc) is 2.90. The predicted octanol–water partition coefficient (Wildman–Crippen LogP) is 4.08. The number of para-hydroxylation sites is 1. The Hall–Kier alpha value is -2.06. The van der Waals surface area contributed by atoms with E-state index in [-0.39, 0.29) is 0 Å². The Morgan fingerprint density at radius 2 is 1.95 bits per heavy atom. The predicted molar refractivity (Wildman–Crippen MR) is 76.1 cm³/mol. The van der Waals surface area contributed by atoms with E-state index in [4.69, 9.17) is 4.42 Å². The highest BCUT2D eigenvalue weighted by Crippen LogP contribution is 2.30. The largest absolute Gasteiger partial charge is 0.464 e. The molecule has 0 aliphatic carbocycles. The van der Waals surface area contributed by atoms with Gasteiger partial charge in [-0.05, 0) is 23.6 Å². The molecule has 96 valence electrons. The SMILES string of the molecule is CCc1cccc(C(O)c2coc3ccccc23)c1. The maximum Gasteiger partial charge on any atom is 0.134 e. The highest BCUT2D eigenvalue weighted by molar-refractivity contribution is 5.81. The number of hydrogen-bond donors (Lipinski definition) is 1. The van der Waals surface area contributed by atoms with Gasteiger partial charge in [0.2, 0.25) is 0 Å². The molecule has 19 heavy (non-hydrogen) atoms. The van der Waals surface area contributed by atoms with Crippen LogP contribution in [0.25, 0.3) is 11.0 Å². The quantitative estimate of drug-likeness (QED) is 0.762. The first-order valence-electron chi connectivity index (χ1n) is 6.52. The topological polar surface area (TPSA) is 33.4 Å². The van der Waals surface area contributed by atoms with Gasteiger partial charge in [-0.1, -0.05) is 49.4 Å². The Kier molecular flexibility index (Phi) is 3.10. The minimum Gasteiger partial charge on any atom is -0.464 e.